The van der Waals surface area contributed by atoms with Crippen LogP contribution in [-0.2, 0) is 12.8 Å². The van der Waals surface area contributed by atoms with E-state index in [-0.39, 0.29) is 6.03 Å². The van der Waals surface area contributed by atoms with Gasteiger partial charge in [0.25, 0.3) is 0 Å². The zero-order valence-corrected chi connectivity index (χ0v) is 17.7. The van der Waals surface area contributed by atoms with E-state index in [0.717, 1.165) is 53.4 Å². The molecule has 0 atom stereocenters. The predicted octanol–water partition coefficient (Wildman–Crippen LogP) is 5.75. The van der Waals surface area contributed by atoms with Gasteiger partial charge < -0.3 is 15.5 Å². The fourth-order valence-electron chi connectivity index (χ4n) is 5.64. The molecule has 2 aromatic carbocycles. The van der Waals surface area contributed by atoms with Gasteiger partial charge in [0.05, 0.1) is 5.52 Å². The van der Waals surface area contributed by atoms with Crippen molar-refractivity contribution in [3.63, 3.8) is 0 Å². The van der Waals surface area contributed by atoms with Crippen LogP contribution in [-0.4, -0.2) is 23.6 Å². The van der Waals surface area contributed by atoms with Crippen molar-refractivity contribution in [3.8, 4) is 0 Å². The molecule has 1 saturated carbocycles. The number of fused-ring (bicyclic) bond motifs is 5. The van der Waals surface area contributed by atoms with Crippen molar-refractivity contribution in [2.75, 3.05) is 22.1 Å². The van der Waals surface area contributed by atoms with Crippen LogP contribution in [0.25, 0.3) is 10.9 Å². The number of carbonyl (C=O) groups is 1. The molecule has 2 N–H and O–H groups in total. The Morgan fingerprint density at radius 2 is 1.65 bits per heavy atom. The zero-order chi connectivity index (χ0) is 20.8. The first-order chi connectivity index (χ1) is 15.2. The van der Waals surface area contributed by atoms with Crippen molar-refractivity contribution < 1.29 is 4.79 Å². The lowest BCUT2D eigenvalue weighted by atomic mass is 9.80. The van der Waals surface area contributed by atoms with E-state index in [1.54, 1.807) is 0 Å². The fourth-order valence-corrected chi connectivity index (χ4v) is 5.64. The number of benzene rings is 2. The van der Waals surface area contributed by atoms with E-state index in [9.17, 15) is 4.79 Å². The van der Waals surface area contributed by atoms with Crippen LogP contribution in [0.1, 0.15) is 43.2 Å². The van der Waals surface area contributed by atoms with Gasteiger partial charge in [0.1, 0.15) is 5.82 Å². The molecule has 5 heteroatoms. The minimum Gasteiger partial charge on any atom is -0.353 e. The topological polar surface area (TPSA) is 57.3 Å². The highest BCUT2D eigenvalue weighted by atomic mass is 16.2. The van der Waals surface area contributed by atoms with Crippen LogP contribution in [0.3, 0.4) is 0 Å². The minimum absolute atomic E-state index is 0.216. The number of urea groups is 1. The van der Waals surface area contributed by atoms with Gasteiger partial charge >= 0.3 is 6.03 Å². The molecular formula is C26H28N4O. The number of carbonyl (C=O) groups excluding carboxylic acids is 1. The number of rotatable bonds is 3. The predicted molar refractivity (Wildman–Crippen MR) is 126 cm³/mol. The Labute approximate surface area is 182 Å². The van der Waals surface area contributed by atoms with Crippen LogP contribution in [0.15, 0.2) is 48.5 Å². The Morgan fingerprint density at radius 3 is 2.45 bits per heavy atom. The minimum atomic E-state index is -0.216. The van der Waals surface area contributed by atoms with Gasteiger partial charge in [-0.2, -0.15) is 0 Å². The molecule has 3 aromatic rings. The summed E-state index contributed by atoms with van der Waals surface area (Å²) < 4.78 is 0. The number of pyridine rings is 1. The summed E-state index contributed by atoms with van der Waals surface area (Å²) in [4.78, 5) is 20.0. The number of anilines is 3. The van der Waals surface area contributed by atoms with E-state index in [1.165, 1.54) is 43.2 Å². The summed E-state index contributed by atoms with van der Waals surface area (Å²) in [5.74, 6) is 1.93. The van der Waals surface area contributed by atoms with Crippen molar-refractivity contribution in [2.45, 2.75) is 51.0 Å². The van der Waals surface area contributed by atoms with Gasteiger partial charge in [-0.15, -0.1) is 0 Å². The number of amides is 2. The Bertz CT molecular complexity index is 1150. The molecule has 2 saturated heterocycles. The molecule has 2 amide bonds. The maximum absolute atomic E-state index is 12.5. The third-order valence-electron chi connectivity index (χ3n) is 7.29. The van der Waals surface area contributed by atoms with E-state index < -0.39 is 0 Å². The first-order valence-corrected chi connectivity index (χ1v) is 11.6. The molecule has 1 aromatic heterocycles. The molecule has 5 nitrogen and oxygen atoms in total. The maximum atomic E-state index is 12.5. The quantitative estimate of drug-likeness (QED) is 0.576. The number of nitrogens with one attached hydrogen (secondary N) is 2. The molecule has 4 aliphatic rings. The molecule has 158 valence electrons. The third kappa shape index (κ3) is 3.62. The second-order valence-electron chi connectivity index (χ2n) is 9.32. The first kappa shape index (κ1) is 18.7. The number of aryl methyl sites for hydroxylation is 2. The summed E-state index contributed by atoms with van der Waals surface area (Å²) in [6.45, 7) is 1.14. The lowest BCUT2D eigenvalue weighted by Crippen LogP contribution is -2.48. The van der Waals surface area contributed by atoms with E-state index in [2.05, 4.69) is 39.8 Å². The molecular weight excluding hydrogens is 384 g/mol. The summed E-state index contributed by atoms with van der Waals surface area (Å²) >= 11 is 0. The van der Waals surface area contributed by atoms with Crippen LogP contribution in [0, 0.1) is 5.92 Å². The average Bonchev–Trinajstić information content (AvgIpc) is 3.27. The largest absolute Gasteiger partial charge is 0.353 e. The Hall–Kier alpha value is -3.08. The van der Waals surface area contributed by atoms with Gasteiger partial charge in [0, 0.05) is 29.3 Å². The SMILES string of the molecule is O=C(Nc1ccc2c(c1)CCC2)Nc1ccc2nc(N3CC4CCC3CC4)ccc2c1. The second kappa shape index (κ2) is 7.56. The van der Waals surface area contributed by atoms with E-state index in [0.29, 0.717) is 6.04 Å². The molecule has 0 radical (unpaired) electrons. The molecule has 3 fully saturated rings. The fraction of sp³-hybridized carbons (Fsp3) is 0.385. The molecule has 0 spiro atoms. The Kier molecular flexibility index (Phi) is 4.55. The normalized spacial score (nSPS) is 21.9. The Balaban J connectivity index is 1.16. The molecule has 0 unspecified atom stereocenters. The van der Waals surface area contributed by atoms with Crippen LogP contribution in [0.5, 0.6) is 0 Å². The average molecular weight is 413 g/mol. The van der Waals surface area contributed by atoms with Gasteiger partial charge in [-0.25, -0.2) is 9.78 Å². The number of piperidine rings is 2. The maximum Gasteiger partial charge on any atom is 0.323 e. The molecule has 2 aliphatic carbocycles. The number of hydrogen-bond donors (Lipinski definition) is 2. The number of nitrogens with zero attached hydrogens (tertiary/aromatic N) is 2. The Morgan fingerprint density at radius 1 is 0.871 bits per heavy atom. The van der Waals surface area contributed by atoms with Gasteiger partial charge in [0.2, 0.25) is 0 Å². The van der Waals surface area contributed by atoms with Crippen LogP contribution < -0.4 is 15.5 Å². The summed E-state index contributed by atoms with van der Waals surface area (Å²) in [6.07, 6.45) is 8.79. The van der Waals surface area contributed by atoms with Crippen LogP contribution >= 0.6 is 0 Å². The molecule has 31 heavy (non-hydrogen) atoms. The molecule has 2 bridgehead atoms. The van der Waals surface area contributed by atoms with Crippen molar-refractivity contribution in [1.82, 2.24) is 4.98 Å². The van der Waals surface area contributed by atoms with Gasteiger partial charge in [-0.3, -0.25) is 0 Å². The molecule has 2 aliphatic heterocycles. The lowest BCUT2D eigenvalue weighted by molar-refractivity contribution is 0.251. The lowest BCUT2D eigenvalue weighted by Gasteiger charge is -2.46. The monoisotopic (exact) mass is 412 g/mol. The van der Waals surface area contributed by atoms with Crippen LogP contribution in [0.4, 0.5) is 22.0 Å². The first-order valence-electron chi connectivity index (χ1n) is 11.6. The highest BCUT2D eigenvalue weighted by molar-refractivity contribution is 6.01. The number of hydrogen-bond acceptors (Lipinski definition) is 3. The van der Waals surface area contributed by atoms with E-state index >= 15 is 0 Å². The van der Waals surface area contributed by atoms with Gasteiger partial charge in [0.15, 0.2) is 0 Å². The highest BCUT2D eigenvalue weighted by Gasteiger charge is 2.34. The second-order valence-corrected chi connectivity index (χ2v) is 9.32. The van der Waals surface area contributed by atoms with Gasteiger partial charge in [-0.1, -0.05) is 6.07 Å². The standard InChI is InChI=1S/C26H28N4O/c31-26(27-21-8-6-18-2-1-3-19(18)14-21)28-22-9-12-24-20(15-22)7-13-25(29-24)30-16-17-4-10-23(30)11-5-17/h6-9,12-15,17,23H,1-5,10-11,16H2,(H2,27,28,31). The van der Waals surface area contributed by atoms with Crippen molar-refractivity contribution in [2.24, 2.45) is 5.92 Å². The summed E-state index contributed by atoms with van der Waals surface area (Å²) in [7, 11) is 0. The smallest absolute Gasteiger partial charge is 0.323 e. The summed E-state index contributed by atoms with van der Waals surface area (Å²) in [6, 6.07) is 16.9. The van der Waals surface area contributed by atoms with E-state index in [4.69, 9.17) is 4.98 Å². The van der Waals surface area contributed by atoms with Crippen molar-refractivity contribution in [1.29, 1.82) is 0 Å². The molecule has 3 heterocycles. The van der Waals surface area contributed by atoms with Gasteiger partial charge in [-0.05, 0) is 104 Å². The summed E-state index contributed by atoms with van der Waals surface area (Å²) in [5.41, 5.74) is 5.36. The number of aromatic nitrogens is 1. The van der Waals surface area contributed by atoms with Crippen molar-refractivity contribution in [3.05, 3.63) is 59.7 Å². The summed E-state index contributed by atoms with van der Waals surface area (Å²) in [5, 5.41) is 6.97. The highest BCUT2D eigenvalue weighted by Crippen LogP contribution is 2.37. The molecule has 7 rings (SSSR count). The third-order valence-corrected chi connectivity index (χ3v) is 7.29. The van der Waals surface area contributed by atoms with Crippen molar-refractivity contribution >= 4 is 34.1 Å². The zero-order valence-electron chi connectivity index (χ0n) is 17.7. The van der Waals surface area contributed by atoms with Crippen LogP contribution in [0.2, 0.25) is 0 Å². The van der Waals surface area contributed by atoms with E-state index in [1.807, 2.05) is 24.3 Å².